The second kappa shape index (κ2) is 8.32. The first-order valence-corrected chi connectivity index (χ1v) is 8.81. The second-order valence-electron chi connectivity index (χ2n) is 5.30. The first kappa shape index (κ1) is 18.4. The van der Waals surface area contributed by atoms with E-state index in [1.54, 1.807) is 24.3 Å². The third-order valence-corrected chi connectivity index (χ3v) is 4.78. The number of carbonyl (C=O) groups excluding carboxylic acids is 1. The quantitative estimate of drug-likeness (QED) is 0.373. The largest absolute Gasteiger partial charge is 0.345 e. The van der Waals surface area contributed by atoms with Crippen LogP contribution in [0.4, 0.5) is 21.9 Å². The van der Waals surface area contributed by atoms with Crippen molar-refractivity contribution in [1.82, 2.24) is 0 Å². The fourth-order valence-corrected chi connectivity index (χ4v) is 2.87. The van der Waals surface area contributed by atoms with Crippen molar-refractivity contribution in [3.8, 4) is 0 Å². The molecule has 0 bridgehead atoms. The third kappa shape index (κ3) is 4.22. The number of rotatable bonds is 4. The Morgan fingerprint density at radius 3 is 1.92 bits per heavy atom. The highest BCUT2D eigenvalue weighted by Crippen LogP contribution is 2.38. The minimum absolute atomic E-state index is 0.172. The van der Waals surface area contributed by atoms with E-state index in [4.69, 9.17) is 34.8 Å². The molecule has 132 valence electrons. The molecule has 0 fully saturated rings. The van der Waals surface area contributed by atoms with Crippen LogP contribution in [0.1, 0.15) is 0 Å². The van der Waals surface area contributed by atoms with E-state index in [0.717, 1.165) is 0 Å². The minimum Gasteiger partial charge on any atom is -0.306 e. The van der Waals surface area contributed by atoms with Crippen LogP contribution in [-0.4, -0.2) is 6.03 Å². The van der Waals surface area contributed by atoms with Crippen molar-refractivity contribution in [2.24, 2.45) is 0 Å². The number of carbonyl (C=O) groups is 1. The Hall–Kier alpha value is -2.40. The van der Waals surface area contributed by atoms with Crippen molar-refractivity contribution < 1.29 is 4.79 Å². The summed E-state index contributed by atoms with van der Waals surface area (Å²) in [7, 11) is 0. The molecule has 0 atom stereocenters. The van der Waals surface area contributed by atoms with Gasteiger partial charge in [-0.25, -0.2) is 9.80 Å². The molecule has 3 aromatic rings. The lowest BCUT2D eigenvalue weighted by atomic mass is 10.3. The van der Waals surface area contributed by atoms with Gasteiger partial charge in [-0.1, -0.05) is 71.2 Å². The SMILES string of the molecule is O=C(Nc1ccccc1)N(Nc1ccccc1)c1ccc(Cl)c(Cl)c1Cl. The van der Waals surface area contributed by atoms with Crippen molar-refractivity contribution in [3.63, 3.8) is 0 Å². The van der Waals surface area contributed by atoms with Gasteiger partial charge in [-0.2, -0.15) is 0 Å². The molecule has 0 aliphatic heterocycles. The van der Waals surface area contributed by atoms with E-state index in [1.165, 1.54) is 5.01 Å². The van der Waals surface area contributed by atoms with E-state index in [0.29, 0.717) is 22.1 Å². The predicted octanol–water partition coefficient (Wildman–Crippen LogP) is 6.71. The highest BCUT2D eigenvalue weighted by atomic mass is 35.5. The average molecular weight is 407 g/mol. The Morgan fingerprint density at radius 2 is 1.31 bits per heavy atom. The molecule has 0 radical (unpaired) electrons. The maximum Gasteiger partial charge on any atom is 0.345 e. The molecule has 2 amide bonds. The first-order valence-electron chi connectivity index (χ1n) is 7.67. The Balaban J connectivity index is 1.96. The smallest absolute Gasteiger partial charge is 0.306 e. The van der Waals surface area contributed by atoms with Gasteiger partial charge >= 0.3 is 6.03 Å². The van der Waals surface area contributed by atoms with Crippen LogP contribution in [-0.2, 0) is 0 Å². The second-order valence-corrected chi connectivity index (χ2v) is 6.47. The highest BCUT2D eigenvalue weighted by Gasteiger charge is 2.21. The number of nitrogens with one attached hydrogen (secondary N) is 2. The van der Waals surface area contributed by atoms with Crippen LogP contribution >= 0.6 is 34.8 Å². The summed E-state index contributed by atoms with van der Waals surface area (Å²) in [5.74, 6) is 0. The Labute approximate surface area is 166 Å². The average Bonchev–Trinajstić information content (AvgIpc) is 2.66. The molecule has 2 N–H and O–H groups in total. The Bertz CT molecular complexity index is 905. The van der Waals surface area contributed by atoms with E-state index >= 15 is 0 Å². The zero-order valence-corrected chi connectivity index (χ0v) is 15.7. The zero-order valence-electron chi connectivity index (χ0n) is 13.4. The van der Waals surface area contributed by atoms with Crippen LogP contribution in [0.15, 0.2) is 72.8 Å². The van der Waals surface area contributed by atoms with E-state index in [9.17, 15) is 4.79 Å². The number of hydrogen-bond donors (Lipinski definition) is 2. The van der Waals surface area contributed by atoms with Crippen LogP contribution < -0.4 is 15.8 Å². The standard InChI is InChI=1S/C19H14Cl3N3O/c20-15-11-12-16(18(22)17(15)21)25(24-14-9-5-2-6-10-14)19(26)23-13-7-3-1-4-8-13/h1-12,24H,(H,23,26). The number of nitrogens with zero attached hydrogens (tertiary/aromatic N) is 1. The van der Waals surface area contributed by atoms with Gasteiger partial charge in [0.05, 0.1) is 26.4 Å². The maximum atomic E-state index is 12.9. The molecular formula is C19H14Cl3N3O. The lowest BCUT2D eigenvalue weighted by Gasteiger charge is -2.26. The van der Waals surface area contributed by atoms with E-state index in [-0.39, 0.29) is 10.0 Å². The van der Waals surface area contributed by atoms with E-state index < -0.39 is 6.03 Å². The fourth-order valence-electron chi connectivity index (χ4n) is 2.25. The molecule has 0 spiro atoms. The lowest BCUT2D eigenvalue weighted by Crippen LogP contribution is -2.40. The van der Waals surface area contributed by atoms with Crippen molar-refractivity contribution in [2.75, 3.05) is 15.8 Å². The number of anilines is 3. The number of hydrazine groups is 1. The highest BCUT2D eigenvalue weighted by molar-refractivity contribution is 6.49. The molecule has 3 aromatic carbocycles. The summed E-state index contributed by atoms with van der Waals surface area (Å²) in [4.78, 5) is 12.9. The summed E-state index contributed by atoms with van der Waals surface area (Å²) >= 11 is 18.5. The van der Waals surface area contributed by atoms with Gasteiger partial charge in [0.1, 0.15) is 0 Å². The lowest BCUT2D eigenvalue weighted by molar-refractivity contribution is 0.258. The molecule has 0 saturated carbocycles. The van der Waals surface area contributed by atoms with Gasteiger partial charge in [0, 0.05) is 5.69 Å². The van der Waals surface area contributed by atoms with Gasteiger partial charge in [-0.3, -0.25) is 5.43 Å². The zero-order chi connectivity index (χ0) is 18.5. The topological polar surface area (TPSA) is 44.4 Å². The summed E-state index contributed by atoms with van der Waals surface area (Å²) in [5, 5.41) is 4.76. The van der Waals surface area contributed by atoms with Crippen LogP contribution in [0.3, 0.4) is 0 Å². The van der Waals surface area contributed by atoms with E-state index in [1.807, 2.05) is 48.5 Å². The number of hydrogen-bond acceptors (Lipinski definition) is 2. The number of para-hydroxylation sites is 2. The Morgan fingerprint density at radius 1 is 0.731 bits per heavy atom. The normalized spacial score (nSPS) is 10.3. The molecule has 26 heavy (non-hydrogen) atoms. The number of amides is 2. The van der Waals surface area contributed by atoms with Crippen molar-refractivity contribution in [1.29, 1.82) is 0 Å². The molecule has 3 rings (SSSR count). The van der Waals surface area contributed by atoms with Gasteiger partial charge in [0.15, 0.2) is 0 Å². The summed E-state index contributed by atoms with van der Waals surface area (Å²) in [6, 6.07) is 21.1. The molecule has 0 aromatic heterocycles. The third-order valence-electron chi connectivity index (χ3n) is 3.50. The number of benzene rings is 3. The van der Waals surface area contributed by atoms with Crippen LogP contribution in [0.5, 0.6) is 0 Å². The van der Waals surface area contributed by atoms with Crippen LogP contribution in [0.25, 0.3) is 0 Å². The van der Waals surface area contributed by atoms with Gasteiger partial charge in [-0.15, -0.1) is 0 Å². The Kier molecular flexibility index (Phi) is 5.89. The number of halogens is 3. The molecule has 0 saturated heterocycles. The molecule has 0 aliphatic carbocycles. The van der Waals surface area contributed by atoms with Crippen molar-refractivity contribution in [3.05, 3.63) is 87.9 Å². The summed E-state index contributed by atoms with van der Waals surface area (Å²) in [6.45, 7) is 0. The van der Waals surface area contributed by atoms with Gasteiger partial charge in [0.25, 0.3) is 0 Å². The van der Waals surface area contributed by atoms with Gasteiger partial charge in [0.2, 0.25) is 0 Å². The summed E-state index contributed by atoms with van der Waals surface area (Å²) in [6.07, 6.45) is 0. The summed E-state index contributed by atoms with van der Waals surface area (Å²) < 4.78 is 0. The molecule has 0 unspecified atom stereocenters. The monoisotopic (exact) mass is 405 g/mol. The molecule has 0 heterocycles. The molecular weight excluding hydrogens is 393 g/mol. The fraction of sp³-hybridized carbons (Fsp3) is 0. The first-order chi connectivity index (χ1) is 12.6. The van der Waals surface area contributed by atoms with Gasteiger partial charge < -0.3 is 5.32 Å². The van der Waals surface area contributed by atoms with Crippen molar-refractivity contribution >= 4 is 57.9 Å². The molecule has 0 aliphatic rings. The van der Waals surface area contributed by atoms with Crippen molar-refractivity contribution in [2.45, 2.75) is 0 Å². The minimum atomic E-state index is -0.430. The summed E-state index contributed by atoms with van der Waals surface area (Å²) in [5.41, 5.74) is 4.76. The molecule has 4 nitrogen and oxygen atoms in total. The van der Waals surface area contributed by atoms with Crippen LogP contribution in [0.2, 0.25) is 15.1 Å². The van der Waals surface area contributed by atoms with E-state index in [2.05, 4.69) is 10.7 Å². The predicted molar refractivity (Wildman–Crippen MR) is 109 cm³/mol. The number of urea groups is 1. The van der Waals surface area contributed by atoms with Crippen LogP contribution in [0, 0.1) is 0 Å². The van der Waals surface area contributed by atoms with Gasteiger partial charge in [-0.05, 0) is 36.4 Å². The maximum absolute atomic E-state index is 12.9. The molecule has 7 heteroatoms.